The van der Waals surface area contributed by atoms with Gasteiger partial charge >= 0.3 is 0 Å². The zero-order chi connectivity index (χ0) is 21.1. The highest BCUT2D eigenvalue weighted by atomic mass is 16.5. The minimum absolute atomic E-state index is 0.00989. The van der Waals surface area contributed by atoms with Gasteiger partial charge in [-0.15, -0.1) is 0 Å². The van der Waals surface area contributed by atoms with Gasteiger partial charge in [-0.3, -0.25) is 9.59 Å². The van der Waals surface area contributed by atoms with Crippen LogP contribution in [0.5, 0.6) is 5.75 Å². The molecule has 7 heteroatoms. The van der Waals surface area contributed by atoms with E-state index >= 15 is 0 Å². The van der Waals surface area contributed by atoms with E-state index in [-0.39, 0.29) is 11.7 Å². The smallest absolute Gasteiger partial charge is 0.295 e. The van der Waals surface area contributed by atoms with Crippen LogP contribution < -0.4 is 14.7 Å². The molecule has 0 radical (unpaired) electrons. The van der Waals surface area contributed by atoms with E-state index in [1.54, 1.807) is 36.4 Å². The van der Waals surface area contributed by atoms with E-state index < -0.39 is 23.5 Å². The molecule has 0 saturated carbocycles. The van der Waals surface area contributed by atoms with Crippen LogP contribution in [-0.2, 0) is 9.59 Å². The summed E-state index contributed by atoms with van der Waals surface area (Å²) in [4.78, 5) is 28.0. The molecular weight excluding hydrogens is 372 g/mol. The lowest BCUT2D eigenvalue weighted by Gasteiger charge is -2.26. The van der Waals surface area contributed by atoms with Crippen molar-refractivity contribution in [2.45, 2.75) is 26.0 Å². The number of benzene rings is 1. The van der Waals surface area contributed by atoms with E-state index in [2.05, 4.69) is 0 Å². The molecule has 1 amide bonds. The number of amides is 1. The molecule has 1 unspecified atom stereocenters. The van der Waals surface area contributed by atoms with Crippen molar-refractivity contribution in [3.8, 4) is 5.75 Å². The number of Topliss-reactive ketones (excluding diaryl/α,β-unsaturated/α-hetero) is 1. The van der Waals surface area contributed by atoms with E-state index in [9.17, 15) is 14.7 Å². The molecule has 154 valence electrons. The second kappa shape index (κ2) is 8.53. The maximum atomic E-state index is 13.2. The molecule has 2 heterocycles. The maximum absolute atomic E-state index is 13.2. The number of ether oxygens (including phenoxy) is 1. The first-order valence-electron chi connectivity index (χ1n) is 9.65. The fraction of sp³-hybridized carbons (Fsp3) is 0.364. The second-order valence-corrected chi connectivity index (χ2v) is 7.64. The molecule has 0 aliphatic carbocycles. The highest BCUT2D eigenvalue weighted by molar-refractivity contribution is 6.46. The van der Waals surface area contributed by atoms with Crippen molar-refractivity contribution < 1.29 is 28.7 Å². The number of hydrogen-bond donors (Lipinski definition) is 1. The van der Waals surface area contributed by atoms with Gasteiger partial charge in [0, 0.05) is 5.57 Å². The molecule has 2 aromatic rings. The number of carbonyl (C=O) groups excluding carboxylic acids is 2. The van der Waals surface area contributed by atoms with Crippen molar-refractivity contribution in [1.82, 2.24) is 4.90 Å². The fourth-order valence-corrected chi connectivity index (χ4v) is 3.30. The van der Waals surface area contributed by atoms with Crippen LogP contribution in [0.4, 0.5) is 0 Å². The van der Waals surface area contributed by atoms with Crippen molar-refractivity contribution in [2.24, 2.45) is 0 Å². The number of hydrogen-bond acceptors (Lipinski definition) is 5. The fourth-order valence-electron chi connectivity index (χ4n) is 3.30. The maximum Gasteiger partial charge on any atom is 0.295 e. The first kappa shape index (κ1) is 20.7. The molecule has 1 aromatic heterocycles. The number of likely N-dealkylation sites (N-methyl/N-ethyl adjacent to an activating group) is 1. The monoisotopic (exact) mass is 398 g/mol. The lowest BCUT2D eigenvalue weighted by Crippen LogP contribution is -3.06. The van der Waals surface area contributed by atoms with Crippen LogP contribution in [0.15, 0.2) is 52.7 Å². The summed E-state index contributed by atoms with van der Waals surface area (Å²) in [6, 6.07) is 9.13. The van der Waals surface area contributed by atoms with Gasteiger partial charge in [0.25, 0.3) is 5.91 Å². The summed E-state index contributed by atoms with van der Waals surface area (Å²) >= 11 is 0. The average Bonchev–Trinajstić information content (AvgIpc) is 3.27. The quantitative estimate of drug-likeness (QED) is 0.415. The molecule has 29 heavy (non-hydrogen) atoms. The summed E-state index contributed by atoms with van der Waals surface area (Å²) in [5, 5.41) is 13.2. The highest BCUT2D eigenvalue weighted by Crippen LogP contribution is 2.38. The van der Waals surface area contributed by atoms with Crippen LogP contribution >= 0.6 is 0 Å². The van der Waals surface area contributed by atoms with Gasteiger partial charge in [0.1, 0.15) is 17.6 Å². The van der Waals surface area contributed by atoms with Crippen molar-refractivity contribution >= 4 is 17.4 Å². The molecule has 1 N–H and O–H groups in total. The summed E-state index contributed by atoms with van der Waals surface area (Å²) in [6.07, 6.45) is 1.48. The standard InChI is InChI=1S/C22H26N2O5/c1-14(2)29-16-9-7-15(8-10-16)20(25)18-19(17-6-5-13-28-17)24(12-11-23(3)4)22(27)21(18)26/h5-10,13-14,19,25H,11-12H2,1-4H3/b20-18+. The molecule has 3 rings (SSSR count). The SMILES string of the molecule is CC(C)Oc1ccc(/C([O-])=C2\C(=O)C(=O)N(CC[NH+](C)C)C2c2ccco2)cc1. The second-order valence-electron chi connectivity index (χ2n) is 7.64. The minimum Gasteiger partial charge on any atom is -0.872 e. The number of nitrogens with one attached hydrogen (secondary N) is 1. The van der Waals surface area contributed by atoms with E-state index in [1.807, 2.05) is 27.9 Å². The Morgan fingerprint density at radius 1 is 1.21 bits per heavy atom. The van der Waals surface area contributed by atoms with Gasteiger partial charge in [0.05, 0.1) is 39.6 Å². The first-order chi connectivity index (χ1) is 13.8. The van der Waals surface area contributed by atoms with Crippen LogP contribution in [0, 0.1) is 0 Å². The highest BCUT2D eigenvalue weighted by Gasteiger charge is 2.45. The normalized spacial score (nSPS) is 18.8. The van der Waals surface area contributed by atoms with Gasteiger partial charge in [0.2, 0.25) is 5.78 Å². The van der Waals surface area contributed by atoms with Crippen LogP contribution in [0.2, 0.25) is 0 Å². The van der Waals surface area contributed by atoms with Crippen molar-refractivity contribution in [1.29, 1.82) is 0 Å². The average molecular weight is 398 g/mol. The lowest BCUT2D eigenvalue weighted by atomic mass is 9.99. The molecule has 1 atom stereocenters. The van der Waals surface area contributed by atoms with Crippen molar-refractivity contribution in [3.05, 3.63) is 59.6 Å². The molecule has 1 aliphatic heterocycles. The predicted molar refractivity (Wildman–Crippen MR) is 105 cm³/mol. The number of likely N-dealkylation sites (tertiary alicyclic amines) is 1. The van der Waals surface area contributed by atoms with Crippen LogP contribution in [0.25, 0.3) is 5.76 Å². The molecular formula is C22H26N2O5. The Bertz CT molecular complexity index is 898. The zero-order valence-electron chi connectivity index (χ0n) is 17.1. The number of furan rings is 1. The Morgan fingerprint density at radius 2 is 1.90 bits per heavy atom. The number of ketones is 1. The van der Waals surface area contributed by atoms with Crippen LogP contribution in [0.1, 0.15) is 31.2 Å². The number of quaternary nitrogens is 1. The first-order valence-corrected chi connectivity index (χ1v) is 9.65. The summed E-state index contributed by atoms with van der Waals surface area (Å²) in [6.45, 7) is 4.81. The van der Waals surface area contributed by atoms with Gasteiger partial charge < -0.3 is 24.1 Å². The molecule has 0 bridgehead atoms. The Labute approximate surface area is 170 Å². The van der Waals surface area contributed by atoms with E-state index in [1.165, 1.54) is 11.2 Å². The topological polar surface area (TPSA) is 87.2 Å². The Morgan fingerprint density at radius 3 is 2.45 bits per heavy atom. The minimum atomic E-state index is -0.816. The zero-order valence-corrected chi connectivity index (χ0v) is 17.1. The largest absolute Gasteiger partial charge is 0.872 e. The molecule has 1 aliphatic rings. The van der Waals surface area contributed by atoms with Gasteiger partial charge in [-0.05, 0) is 43.7 Å². The molecule has 0 spiro atoms. The number of rotatable bonds is 7. The summed E-state index contributed by atoms with van der Waals surface area (Å²) in [7, 11) is 3.92. The van der Waals surface area contributed by atoms with E-state index in [0.717, 1.165) is 4.90 Å². The Balaban J connectivity index is 2.02. The summed E-state index contributed by atoms with van der Waals surface area (Å²) < 4.78 is 11.1. The lowest BCUT2D eigenvalue weighted by molar-refractivity contribution is -0.857. The molecule has 1 fully saturated rings. The van der Waals surface area contributed by atoms with Crippen LogP contribution in [-0.4, -0.2) is 49.9 Å². The summed E-state index contributed by atoms with van der Waals surface area (Å²) in [5.41, 5.74) is 0.255. The van der Waals surface area contributed by atoms with Crippen molar-refractivity contribution in [3.63, 3.8) is 0 Å². The van der Waals surface area contributed by atoms with E-state index in [0.29, 0.717) is 30.2 Å². The van der Waals surface area contributed by atoms with Gasteiger partial charge in [-0.25, -0.2) is 0 Å². The Hall–Kier alpha value is -3.06. The third kappa shape index (κ3) is 4.35. The predicted octanol–water partition coefficient (Wildman–Crippen LogP) is 0.435. The molecule has 1 saturated heterocycles. The Kier molecular flexibility index (Phi) is 6.08. The molecule has 1 aromatic carbocycles. The number of nitrogens with zero attached hydrogens (tertiary/aromatic N) is 1. The molecule has 7 nitrogen and oxygen atoms in total. The third-order valence-corrected chi connectivity index (χ3v) is 4.68. The number of carbonyl (C=O) groups is 2. The van der Waals surface area contributed by atoms with Crippen molar-refractivity contribution in [2.75, 3.05) is 27.2 Å². The summed E-state index contributed by atoms with van der Waals surface area (Å²) in [5.74, 6) is -0.876. The third-order valence-electron chi connectivity index (χ3n) is 4.68. The van der Waals surface area contributed by atoms with Gasteiger partial charge in [-0.1, -0.05) is 17.9 Å². The van der Waals surface area contributed by atoms with Gasteiger partial charge in [0.15, 0.2) is 0 Å². The van der Waals surface area contributed by atoms with Gasteiger partial charge in [-0.2, -0.15) is 0 Å². The van der Waals surface area contributed by atoms with Crippen LogP contribution in [0.3, 0.4) is 0 Å². The van der Waals surface area contributed by atoms with E-state index in [4.69, 9.17) is 9.15 Å².